The number of amides is 1. The molecule has 0 atom stereocenters. The van der Waals surface area contributed by atoms with Crippen LogP contribution in [-0.2, 0) is 4.79 Å². The van der Waals surface area contributed by atoms with Gasteiger partial charge < -0.3 is 20.9 Å². The van der Waals surface area contributed by atoms with E-state index in [1.807, 2.05) is 6.92 Å². The number of nitrogens with two attached hydrogens (primary N) is 1. The average molecular weight is 217 g/mol. The number of carbonyl (C=O) groups excluding carboxylic acids is 1. The maximum Gasteiger partial charge on any atom is 0.230 e. The Balaban J connectivity index is 4.15. The van der Waals surface area contributed by atoms with E-state index in [1.54, 1.807) is 0 Å². The molecule has 0 aliphatic carbocycles. The van der Waals surface area contributed by atoms with Crippen molar-refractivity contribution in [1.29, 1.82) is 0 Å². The van der Waals surface area contributed by atoms with Gasteiger partial charge in [-0.3, -0.25) is 4.79 Å². The number of hydrogen-bond donors (Lipinski definition) is 3. The molecule has 15 heavy (non-hydrogen) atoms. The summed E-state index contributed by atoms with van der Waals surface area (Å²) in [4.78, 5) is 13.1. The zero-order valence-corrected chi connectivity index (χ0v) is 9.02. The van der Waals surface area contributed by atoms with Crippen LogP contribution in [0.25, 0.3) is 0 Å². The van der Waals surface area contributed by atoms with Crippen molar-refractivity contribution in [2.45, 2.75) is 26.2 Å². The van der Waals surface area contributed by atoms with Crippen LogP contribution in [0, 0.1) is 0 Å². The first-order chi connectivity index (χ1) is 7.15. The summed E-state index contributed by atoms with van der Waals surface area (Å²) in [5.74, 6) is -0.341. The van der Waals surface area contributed by atoms with Gasteiger partial charge in [-0.1, -0.05) is 18.5 Å². The third kappa shape index (κ3) is 5.90. The van der Waals surface area contributed by atoms with Crippen molar-refractivity contribution in [3.8, 4) is 0 Å². The summed E-state index contributed by atoms with van der Waals surface area (Å²) in [5, 5.41) is 19.8. The van der Waals surface area contributed by atoms with Crippen molar-refractivity contribution in [3.63, 3.8) is 0 Å². The van der Waals surface area contributed by atoms with Crippen LogP contribution in [-0.4, -0.2) is 46.7 Å². The van der Waals surface area contributed by atoms with E-state index in [4.69, 9.17) is 16.0 Å². The number of nitrogens with zero attached hydrogens (tertiary/aromatic N) is 2. The minimum atomic E-state index is -0.229. The molecule has 0 fully saturated rings. The van der Waals surface area contributed by atoms with Gasteiger partial charge in [0.2, 0.25) is 5.91 Å². The summed E-state index contributed by atoms with van der Waals surface area (Å²) < 4.78 is 0. The molecule has 0 bridgehead atoms. The van der Waals surface area contributed by atoms with E-state index in [0.717, 1.165) is 12.8 Å². The standard InChI is InChI=1S/C9H19N3O3/c1-2-3-4-12(5-6-13)9(14)7-8(10)11-15/h13,15H,2-7H2,1H3,(H2,10,11). The number of unbranched alkanes of at least 4 members (excludes halogenated alkanes) is 1. The second-order valence-electron chi connectivity index (χ2n) is 3.23. The number of oxime groups is 1. The smallest absolute Gasteiger partial charge is 0.230 e. The van der Waals surface area contributed by atoms with Crippen molar-refractivity contribution in [3.05, 3.63) is 0 Å². The molecule has 6 nitrogen and oxygen atoms in total. The third-order valence-electron chi connectivity index (χ3n) is 1.96. The number of aliphatic hydroxyl groups excluding tert-OH is 1. The second kappa shape index (κ2) is 8.05. The van der Waals surface area contributed by atoms with Gasteiger partial charge in [0.15, 0.2) is 0 Å². The van der Waals surface area contributed by atoms with E-state index in [9.17, 15) is 4.79 Å². The Hall–Kier alpha value is -1.30. The Kier molecular flexibility index (Phi) is 7.35. The highest BCUT2D eigenvalue weighted by Gasteiger charge is 2.13. The van der Waals surface area contributed by atoms with E-state index in [-0.39, 0.29) is 31.3 Å². The summed E-state index contributed by atoms with van der Waals surface area (Å²) in [7, 11) is 0. The number of aliphatic hydroxyl groups is 1. The molecular formula is C9H19N3O3. The van der Waals surface area contributed by atoms with Crippen LogP contribution >= 0.6 is 0 Å². The van der Waals surface area contributed by atoms with Crippen LogP contribution in [0.2, 0.25) is 0 Å². The zero-order chi connectivity index (χ0) is 11.7. The number of rotatable bonds is 7. The zero-order valence-electron chi connectivity index (χ0n) is 9.02. The van der Waals surface area contributed by atoms with E-state index in [1.165, 1.54) is 4.90 Å². The molecule has 4 N–H and O–H groups in total. The Morgan fingerprint density at radius 2 is 2.13 bits per heavy atom. The third-order valence-corrected chi connectivity index (χ3v) is 1.96. The number of amidine groups is 1. The summed E-state index contributed by atoms with van der Waals surface area (Å²) in [6.07, 6.45) is 1.74. The van der Waals surface area contributed by atoms with Crippen molar-refractivity contribution >= 4 is 11.7 Å². The highest BCUT2D eigenvalue weighted by Crippen LogP contribution is 1.98. The minimum absolute atomic E-state index is 0.0778. The monoisotopic (exact) mass is 217 g/mol. The molecular weight excluding hydrogens is 198 g/mol. The van der Waals surface area contributed by atoms with Crippen LogP contribution in [0.1, 0.15) is 26.2 Å². The Morgan fingerprint density at radius 1 is 1.47 bits per heavy atom. The van der Waals surface area contributed by atoms with Crippen LogP contribution in [0.4, 0.5) is 0 Å². The van der Waals surface area contributed by atoms with Crippen LogP contribution in [0.15, 0.2) is 5.16 Å². The molecule has 0 spiro atoms. The Morgan fingerprint density at radius 3 is 2.60 bits per heavy atom. The molecule has 88 valence electrons. The topological polar surface area (TPSA) is 99.2 Å². The first-order valence-electron chi connectivity index (χ1n) is 5.00. The Bertz CT molecular complexity index is 219. The second-order valence-corrected chi connectivity index (χ2v) is 3.23. The molecule has 1 amide bonds. The van der Waals surface area contributed by atoms with Crippen molar-refractivity contribution < 1.29 is 15.1 Å². The molecule has 0 aliphatic rings. The van der Waals surface area contributed by atoms with Gasteiger partial charge in [-0.15, -0.1) is 0 Å². The average Bonchev–Trinajstić information content (AvgIpc) is 2.23. The van der Waals surface area contributed by atoms with Crippen LogP contribution in [0.5, 0.6) is 0 Å². The van der Waals surface area contributed by atoms with Crippen LogP contribution in [0.3, 0.4) is 0 Å². The first-order valence-corrected chi connectivity index (χ1v) is 5.00. The summed E-state index contributed by atoms with van der Waals surface area (Å²) in [5.41, 5.74) is 5.23. The fourth-order valence-electron chi connectivity index (χ4n) is 1.13. The van der Waals surface area contributed by atoms with Gasteiger partial charge in [0.25, 0.3) is 0 Å². The first kappa shape index (κ1) is 13.7. The number of hydrogen-bond acceptors (Lipinski definition) is 4. The van der Waals surface area contributed by atoms with Gasteiger partial charge in [0.05, 0.1) is 13.0 Å². The molecule has 0 radical (unpaired) electrons. The lowest BCUT2D eigenvalue weighted by Crippen LogP contribution is -2.36. The fraction of sp³-hybridized carbons (Fsp3) is 0.778. The quantitative estimate of drug-likeness (QED) is 0.237. The van der Waals surface area contributed by atoms with Gasteiger partial charge in [-0.05, 0) is 6.42 Å². The molecule has 0 heterocycles. The highest BCUT2D eigenvalue weighted by atomic mass is 16.4. The molecule has 0 saturated carbocycles. The van der Waals surface area contributed by atoms with E-state index in [2.05, 4.69) is 5.16 Å². The summed E-state index contributed by atoms with van der Waals surface area (Å²) >= 11 is 0. The minimum Gasteiger partial charge on any atom is -0.409 e. The van der Waals surface area contributed by atoms with Gasteiger partial charge >= 0.3 is 0 Å². The predicted octanol–water partition coefficient (Wildman–Crippen LogP) is -0.256. The molecule has 0 aromatic carbocycles. The maximum absolute atomic E-state index is 11.6. The van der Waals surface area contributed by atoms with E-state index >= 15 is 0 Å². The lowest BCUT2D eigenvalue weighted by Gasteiger charge is -2.21. The van der Waals surface area contributed by atoms with Gasteiger partial charge in [0, 0.05) is 13.1 Å². The van der Waals surface area contributed by atoms with Crippen molar-refractivity contribution in [1.82, 2.24) is 4.90 Å². The van der Waals surface area contributed by atoms with E-state index in [0.29, 0.717) is 6.54 Å². The van der Waals surface area contributed by atoms with E-state index < -0.39 is 0 Å². The molecule has 0 saturated heterocycles. The fourth-order valence-corrected chi connectivity index (χ4v) is 1.13. The normalized spacial score (nSPS) is 11.5. The predicted molar refractivity (Wildman–Crippen MR) is 56.6 cm³/mol. The highest BCUT2D eigenvalue weighted by molar-refractivity contribution is 5.98. The molecule has 0 rings (SSSR count). The lowest BCUT2D eigenvalue weighted by molar-refractivity contribution is -0.130. The van der Waals surface area contributed by atoms with Gasteiger partial charge in [-0.2, -0.15) is 0 Å². The Labute approximate surface area is 89.4 Å². The van der Waals surface area contributed by atoms with Gasteiger partial charge in [-0.25, -0.2) is 0 Å². The largest absolute Gasteiger partial charge is 0.409 e. The summed E-state index contributed by atoms with van der Waals surface area (Å²) in [6.45, 7) is 2.82. The lowest BCUT2D eigenvalue weighted by atomic mass is 10.2. The van der Waals surface area contributed by atoms with Crippen molar-refractivity contribution in [2.24, 2.45) is 10.9 Å². The molecule has 0 aliphatic heterocycles. The summed E-state index contributed by atoms with van der Waals surface area (Å²) in [6, 6.07) is 0. The van der Waals surface area contributed by atoms with Gasteiger partial charge in [0.1, 0.15) is 5.84 Å². The van der Waals surface area contributed by atoms with Crippen LogP contribution < -0.4 is 5.73 Å². The molecule has 0 aromatic heterocycles. The molecule has 0 unspecified atom stereocenters. The maximum atomic E-state index is 11.6. The van der Waals surface area contributed by atoms with Crippen molar-refractivity contribution in [2.75, 3.05) is 19.7 Å². The number of carbonyl (C=O) groups is 1. The SMILES string of the molecule is CCCCN(CCO)C(=O)C/C(N)=N/O. The molecule has 6 heteroatoms. The molecule has 0 aromatic rings.